The third-order valence-electron chi connectivity index (χ3n) is 2.46. The van der Waals surface area contributed by atoms with E-state index >= 15 is 0 Å². The van der Waals surface area contributed by atoms with Crippen molar-refractivity contribution in [2.45, 2.75) is 18.9 Å². The van der Waals surface area contributed by atoms with Gasteiger partial charge in [0.1, 0.15) is 9.84 Å². The summed E-state index contributed by atoms with van der Waals surface area (Å²) in [5.74, 6) is 0.198. The lowest BCUT2D eigenvalue weighted by atomic mass is 10.2. The van der Waals surface area contributed by atoms with Crippen molar-refractivity contribution in [3.05, 3.63) is 0 Å². The summed E-state index contributed by atoms with van der Waals surface area (Å²) in [6.07, 6.45) is 3.30. The Morgan fingerprint density at radius 1 is 1.54 bits per heavy atom. The molecule has 5 heteroatoms. The minimum Gasteiger partial charge on any atom is -0.395 e. The molecule has 78 valence electrons. The van der Waals surface area contributed by atoms with Gasteiger partial charge in [-0.15, -0.1) is 0 Å². The lowest BCUT2D eigenvalue weighted by molar-refractivity contribution is 0.165. The summed E-state index contributed by atoms with van der Waals surface area (Å²) in [5, 5.41) is 8.97. The molecule has 1 aliphatic rings. The highest BCUT2D eigenvalue weighted by molar-refractivity contribution is 7.90. The Morgan fingerprint density at radius 3 is 2.77 bits per heavy atom. The Morgan fingerprint density at radius 2 is 2.23 bits per heavy atom. The zero-order valence-corrected chi connectivity index (χ0v) is 8.76. The molecule has 0 bridgehead atoms. The second-order valence-corrected chi connectivity index (χ2v) is 5.90. The second kappa shape index (κ2) is 4.39. The fourth-order valence-corrected chi connectivity index (χ4v) is 2.25. The van der Waals surface area contributed by atoms with Gasteiger partial charge >= 0.3 is 0 Å². The number of aliphatic hydroxyl groups excluding tert-OH is 1. The average molecular weight is 207 g/mol. The van der Waals surface area contributed by atoms with Gasteiger partial charge in [-0.1, -0.05) is 0 Å². The van der Waals surface area contributed by atoms with Crippen LogP contribution in [0.3, 0.4) is 0 Å². The minimum atomic E-state index is -2.87. The maximum absolute atomic E-state index is 10.9. The fourth-order valence-electron chi connectivity index (χ4n) is 1.68. The molecular formula is C8H17NO3S. The molecule has 0 aliphatic carbocycles. The monoisotopic (exact) mass is 207 g/mol. The number of nitrogens with zero attached hydrogens (tertiary/aromatic N) is 1. The summed E-state index contributed by atoms with van der Waals surface area (Å²) in [4.78, 5) is 2.06. The molecule has 0 aromatic heterocycles. The molecule has 1 rings (SSSR count). The fraction of sp³-hybridized carbons (Fsp3) is 1.00. The number of rotatable bonds is 4. The highest BCUT2D eigenvalue weighted by atomic mass is 32.2. The van der Waals surface area contributed by atoms with Crippen LogP contribution in [0.2, 0.25) is 0 Å². The summed E-state index contributed by atoms with van der Waals surface area (Å²) in [6, 6.07) is 0.182. The van der Waals surface area contributed by atoms with Crippen LogP contribution in [-0.2, 0) is 9.84 Å². The van der Waals surface area contributed by atoms with Crippen molar-refractivity contribution in [2.75, 3.05) is 31.7 Å². The third-order valence-corrected chi connectivity index (χ3v) is 3.38. The maximum Gasteiger partial charge on any atom is 0.148 e. The van der Waals surface area contributed by atoms with E-state index < -0.39 is 9.84 Å². The maximum atomic E-state index is 10.9. The van der Waals surface area contributed by atoms with Crippen LogP contribution in [0.25, 0.3) is 0 Å². The van der Waals surface area contributed by atoms with E-state index in [0.717, 1.165) is 19.4 Å². The van der Waals surface area contributed by atoms with Gasteiger partial charge in [0.2, 0.25) is 0 Å². The van der Waals surface area contributed by atoms with Crippen LogP contribution in [0.4, 0.5) is 0 Å². The summed E-state index contributed by atoms with van der Waals surface area (Å²) < 4.78 is 21.8. The van der Waals surface area contributed by atoms with Gasteiger partial charge < -0.3 is 5.11 Å². The average Bonchev–Trinajstić information content (AvgIpc) is 2.46. The van der Waals surface area contributed by atoms with Crippen LogP contribution >= 0.6 is 0 Å². The van der Waals surface area contributed by atoms with Gasteiger partial charge in [-0.3, -0.25) is 4.90 Å². The van der Waals surface area contributed by atoms with Gasteiger partial charge in [0.25, 0.3) is 0 Å². The highest BCUT2D eigenvalue weighted by Gasteiger charge is 2.23. The predicted molar refractivity (Wildman–Crippen MR) is 51.4 cm³/mol. The molecule has 0 spiro atoms. The van der Waals surface area contributed by atoms with Gasteiger partial charge in [-0.2, -0.15) is 0 Å². The smallest absolute Gasteiger partial charge is 0.148 e. The molecule has 13 heavy (non-hydrogen) atoms. The molecule has 1 heterocycles. The number of aliphatic hydroxyl groups is 1. The summed E-state index contributed by atoms with van der Waals surface area (Å²) >= 11 is 0. The lowest BCUT2D eigenvalue weighted by Crippen LogP contribution is -2.35. The molecule has 0 amide bonds. The van der Waals surface area contributed by atoms with E-state index in [9.17, 15) is 8.42 Å². The largest absolute Gasteiger partial charge is 0.395 e. The zero-order chi connectivity index (χ0) is 9.90. The van der Waals surface area contributed by atoms with Gasteiger partial charge in [0.05, 0.1) is 12.4 Å². The van der Waals surface area contributed by atoms with E-state index in [-0.39, 0.29) is 18.4 Å². The first-order valence-electron chi connectivity index (χ1n) is 4.55. The van der Waals surface area contributed by atoms with E-state index in [1.54, 1.807) is 0 Å². The quantitative estimate of drug-likeness (QED) is 0.674. The molecule has 1 fully saturated rings. The van der Waals surface area contributed by atoms with Crippen LogP contribution in [0, 0.1) is 0 Å². The predicted octanol–water partition coefficient (Wildman–Crippen LogP) is -0.512. The molecule has 1 aliphatic heterocycles. The zero-order valence-electron chi connectivity index (χ0n) is 7.94. The first-order chi connectivity index (χ1) is 6.03. The Bertz CT molecular complexity index is 250. The molecule has 4 nitrogen and oxygen atoms in total. The Balaban J connectivity index is 2.36. The summed E-state index contributed by atoms with van der Waals surface area (Å²) in [7, 11) is -2.87. The van der Waals surface area contributed by atoms with Gasteiger partial charge in [-0.25, -0.2) is 8.42 Å². The lowest BCUT2D eigenvalue weighted by Gasteiger charge is -2.21. The second-order valence-electron chi connectivity index (χ2n) is 3.64. The Kier molecular flexibility index (Phi) is 3.70. The number of hydrogen-bond acceptors (Lipinski definition) is 4. The van der Waals surface area contributed by atoms with Crippen molar-refractivity contribution >= 4 is 9.84 Å². The molecule has 0 unspecified atom stereocenters. The van der Waals surface area contributed by atoms with Crippen LogP contribution in [0.1, 0.15) is 12.8 Å². The van der Waals surface area contributed by atoms with Gasteiger partial charge in [0.15, 0.2) is 0 Å². The highest BCUT2D eigenvalue weighted by Crippen LogP contribution is 2.15. The van der Waals surface area contributed by atoms with E-state index in [2.05, 4.69) is 4.90 Å². The standard InChI is InChI=1S/C8H17NO3S/c1-13(11,12)6-5-9-4-2-3-8(9)7-10/h8,10H,2-7H2,1H3/t8-/m1/s1. The van der Waals surface area contributed by atoms with Crippen molar-refractivity contribution in [1.29, 1.82) is 0 Å². The van der Waals surface area contributed by atoms with Crippen LogP contribution < -0.4 is 0 Å². The first-order valence-corrected chi connectivity index (χ1v) is 6.61. The number of hydrogen-bond donors (Lipinski definition) is 1. The molecule has 0 radical (unpaired) electrons. The summed E-state index contributed by atoms with van der Waals surface area (Å²) in [5.41, 5.74) is 0. The van der Waals surface area contributed by atoms with Crippen molar-refractivity contribution in [1.82, 2.24) is 4.90 Å². The first kappa shape index (κ1) is 10.9. The minimum absolute atomic E-state index is 0.143. The summed E-state index contributed by atoms with van der Waals surface area (Å²) in [6.45, 7) is 1.62. The van der Waals surface area contributed by atoms with Gasteiger partial charge in [0, 0.05) is 18.8 Å². The molecular weight excluding hydrogens is 190 g/mol. The van der Waals surface area contributed by atoms with Crippen LogP contribution in [0.5, 0.6) is 0 Å². The van der Waals surface area contributed by atoms with E-state index in [0.29, 0.717) is 6.54 Å². The van der Waals surface area contributed by atoms with E-state index in [1.165, 1.54) is 6.26 Å². The van der Waals surface area contributed by atoms with E-state index in [4.69, 9.17) is 5.11 Å². The molecule has 0 saturated carbocycles. The topological polar surface area (TPSA) is 57.6 Å². The SMILES string of the molecule is CS(=O)(=O)CCN1CCC[C@@H]1CO. The van der Waals surface area contributed by atoms with Crippen molar-refractivity contribution in [3.63, 3.8) is 0 Å². The van der Waals surface area contributed by atoms with Crippen LogP contribution in [0.15, 0.2) is 0 Å². The number of likely N-dealkylation sites (tertiary alicyclic amines) is 1. The van der Waals surface area contributed by atoms with Crippen LogP contribution in [-0.4, -0.2) is 56.2 Å². The Labute approximate surface area is 79.5 Å². The van der Waals surface area contributed by atoms with Gasteiger partial charge in [-0.05, 0) is 19.4 Å². The molecule has 1 saturated heterocycles. The normalized spacial score (nSPS) is 25.2. The van der Waals surface area contributed by atoms with Crippen molar-refractivity contribution in [2.24, 2.45) is 0 Å². The third kappa shape index (κ3) is 3.62. The molecule has 0 aromatic rings. The van der Waals surface area contributed by atoms with Crippen molar-refractivity contribution < 1.29 is 13.5 Å². The number of sulfone groups is 1. The molecule has 0 aromatic carbocycles. The Hall–Kier alpha value is -0.130. The van der Waals surface area contributed by atoms with Crippen molar-refractivity contribution in [3.8, 4) is 0 Å². The van der Waals surface area contributed by atoms with E-state index in [1.807, 2.05) is 0 Å². The molecule has 1 atom stereocenters. The molecule has 1 N–H and O–H groups in total.